The predicted molar refractivity (Wildman–Crippen MR) is 78.5 cm³/mol. The molecule has 0 atom stereocenters. The van der Waals surface area contributed by atoms with Gasteiger partial charge >= 0.3 is 0 Å². The van der Waals surface area contributed by atoms with Crippen molar-refractivity contribution in [1.29, 1.82) is 0 Å². The fraction of sp³-hybridized carbons (Fsp3) is 0.267. The van der Waals surface area contributed by atoms with Gasteiger partial charge < -0.3 is 9.67 Å². The van der Waals surface area contributed by atoms with E-state index in [-0.39, 0.29) is 6.61 Å². The zero-order valence-electron chi connectivity index (χ0n) is 10.8. The lowest BCUT2D eigenvalue weighted by atomic mass is 10.2. The van der Waals surface area contributed by atoms with Crippen molar-refractivity contribution in [3.63, 3.8) is 0 Å². The lowest BCUT2D eigenvalue weighted by molar-refractivity contribution is 0.282. The first kappa shape index (κ1) is 12.4. The van der Waals surface area contributed by atoms with Gasteiger partial charge in [-0.15, -0.1) is 11.3 Å². The van der Waals surface area contributed by atoms with Crippen LogP contribution >= 0.6 is 11.3 Å². The molecule has 0 saturated heterocycles. The molecule has 0 amide bonds. The van der Waals surface area contributed by atoms with E-state index < -0.39 is 0 Å². The highest BCUT2D eigenvalue weighted by Gasteiger charge is 2.05. The van der Waals surface area contributed by atoms with Crippen molar-refractivity contribution in [2.24, 2.45) is 0 Å². The van der Waals surface area contributed by atoms with E-state index in [2.05, 4.69) is 40.2 Å². The average Bonchev–Trinajstić information content (AvgIpc) is 3.06. The Morgan fingerprint density at radius 1 is 1.32 bits per heavy atom. The maximum Gasteiger partial charge on any atom is 0.0926 e. The third kappa shape index (κ3) is 2.41. The van der Waals surface area contributed by atoms with Crippen LogP contribution in [0.4, 0.5) is 0 Å². The molecule has 19 heavy (non-hydrogen) atoms. The molecule has 98 valence electrons. The van der Waals surface area contributed by atoms with Crippen molar-refractivity contribution in [2.75, 3.05) is 0 Å². The van der Waals surface area contributed by atoms with Crippen LogP contribution in [0.2, 0.25) is 0 Å². The summed E-state index contributed by atoms with van der Waals surface area (Å²) in [5.41, 5.74) is 3.20. The van der Waals surface area contributed by atoms with Crippen LogP contribution in [0.25, 0.3) is 10.9 Å². The zero-order chi connectivity index (χ0) is 13.2. The van der Waals surface area contributed by atoms with Crippen molar-refractivity contribution in [3.05, 3.63) is 52.1 Å². The van der Waals surface area contributed by atoms with Gasteiger partial charge in [0.25, 0.3) is 0 Å². The van der Waals surface area contributed by atoms with Crippen LogP contribution < -0.4 is 0 Å². The van der Waals surface area contributed by atoms with Crippen LogP contribution in [-0.2, 0) is 19.6 Å². The summed E-state index contributed by atoms with van der Waals surface area (Å²) in [5, 5.41) is 13.7. The number of nitrogens with zero attached hydrogens (tertiary/aromatic N) is 2. The van der Waals surface area contributed by atoms with Gasteiger partial charge in [-0.25, -0.2) is 4.98 Å². The van der Waals surface area contributed by atoms with Gasteiger partial charge in [-0.1, -0.05) is 19.1 Å². The Hall–Kier alpha value is -1.65. The van der Waals surface area contributed by atoms with Crippen LogP contribution in [0, 0.1) is 0 Å². The highest BCUT2D eigenvalue weighted by molar-refractivity contribution is 7.09. The molecule has 3 nitrogen and oxygen atoms in total. The molecule has 0 spiro atoms. The number of benzene rings is 1. The number of aliphatic hydroxyl groups is 1. The molecule has 0 fully saturated rings. The number of thiazole rings is 1. The monoisotopic (exact) mass is 272 g/mol. The standard InChI is InChI=1S/C15H16N2OS/c1-2-15-16-13(10-19-15)8-17-6-5-12-4-3-11(9-18)7-14(12)17/h3-7,10,18H,2,8-9H2,1H3. The van der Waals surface area contributed by atoms with Crippen LogP contribution in [-0.4, -0.2) is 14.7 Å². The molecule has 3 rings (SSSR count). The van der Waals surface area contributed by atoms with Crippen LogP contribution in [0.1, 0.15) is 23.2 Å². The Labute approximate surface area is 116 Å². The molecule has 0 bridgehead atoms. The van der Waals surface area contributed by atoms with Gasteiger partial charge in [0.2, 0.25) is 0 Å². The van der Waals surface area contributed by atoms with Crippen molar-refractivity contribution in [1.82, 2.24) is 9.55 Å². The fourth-order valence-electron chi connectivity index (χ4n) is 2.22. The Kier molecular flexibility index (Phi) is 3.36. The lowest BCUT2D eigenvalue weighted by Crippen LogP contribution is -1.99. The summed E-state index contributed by atoms with van der Waals surface area (Å²) < 4.78 is 2.18. The Morgan fingerprint density at radius 3 is 2.95 bits per heavy atom. The average molecular weight is 272 g/mol. The molecule has 2 aromatic heterocycles. The van der Waals surface area contributed by atoms with Crippen molar-refractivity contribution < 1.29 is 5.11 Å². The number of rotatable bonds is 4. The van der Waals surface area contributed by atoms with Crippen molar-refractivity contribution in [3.8, 4) is 0 Å². The molecule has 0 aliphatic carbocycles. The molecule has 1 N–H and O–H groups in total. The second kappa shape index (κ2) is 5.15. The van der Waals surface area contributed by atoms with E-state index in [4.69, 9.17) is 0 Å². The van der Waals surface area contributed by atoms with Gasteiger partial charge in [0, 0.05) is 17.1 Å². The number of fused-ring (bicyclic) bond motifs is 1. The summed E-state index contributed by atoms with van der Waals surface area (Å²) in [6.07, 6.45) is 3.07. The minimum atomic E-state index is 0.0812. The zero-order valence-corrected chi connectivity index (χ0v) is 11.7. The van der Waals surface area contributed by atoms with E-state index in [9.17, 15) is 5.11 Å². The topological polar surface area (TPSA) is 38.0 Å². The SMILES string of the molecule is CCc1nc(Cn2ccc3ccc(CO)cc32)cs1. The number of hydrogen-bond donors (Lipinski definition) is 1. The summed E-state index contributed by atoms with van der Waals surface area (Å²) in [6, 6.07) is 8.16. The Morgan fingerprint density at radius 2 is 2.21 bits per heavy atom. The van der Waals surface area contributed by atoms with Gasteiger partial charge in [0.15, 0.2) is 0 Å². The van der Waals surface area contributed by atoms with Gasteiger partial charge in [0.1, 0.15) is 0 Å². The van der Waals surface area contributed by atoms with Crippen molar-refractivity contribution >= 4 is 22.2 Å². The molecule has 0 radical (unpaired) electrons. The molecule has 4 heteroatoms. The second-order valence-electron chi connectivity index (χ2n) is 4.58. The maximum atomic E-state index is 9.23. The number of aliphatic hydroxyl groups excluding tert-OH is 1. The van der Waals surface area contributed by atoms with E-state index >= 15 is 0 Å². The summed E-state index contributed by atoms with van der Waals surface area (Å²) in [5.74, 6) is 0. The Balaban J connectivity index is 1.95. The summed E-state index contributed by atoms with van der Waals surface area (Å²) in [4.78, 5) is 4.60. The molecular weight excluding hydrogens is 256 g/mol. The molecule has 3 aromatic rings. The van der Waals surface area contributed by atoms with Gasteiger partial charge in [-0.3, -0.25) is 0 Å². The molecule has 1 aromatic carbocycles. The quantitative estimate of drug-likeness (QED) is 0.792. The minimum Gasteiger partial charge on any atom is -0.392 e. The number of aromatic nitrogens is 2. The largest absolute Gasteiger partial charge is 0.392 e. The summed E-state index contributed by atoms with van der Waals surface area (Å²) in [7, 11) is 0. The molecular formula is C15H16N2OS. The van der Waals surface area contributed by atoms with E-state index in [1.165, 1.54) is 10.4 Å². The first-order valence-electron chi connectivity index (χ1n) is 6.42. The molecule has 0 aliphatic rings. The third-order valence-corrected chi connectivity index (χ3v) is 4.30. The van der Waals surface area contributed by atoms with Crippen LogP contribution in [0.5, 0.6) is 0 Å². The first-order valence-corrected chi connectivity index (χ1v) is 7.30. The van der Waals surface area contributed by atoms with Gasteiger partial charge in [-0.05, 0) is 29.5 Å². The fourth-order valence-corrected chi connectivity index (χ4v) is 2.96. The smallest absolute Gasteiger partial charge is 0.0926 e. The number of aryl methyl sites for hydroxylation is 1. The van der Waals surface area contributed by atoms with E-state index in [1.807, 2.05) is 12.1 Å². The van der Waals surface area contributed by atoms with Gasteiger partial charge in [0.05, 0.1) is 23.9 Å². The third-order valence-electron chi connectivity index (χ3n) is 3.25. The number of hydrogen-bond acceptors (Lipinski definition) is 3. The van der Waals surface area contributed by atoms with E-state index in [0.717, 1.165) is 29.7 Å². The summed E-state index contributed by atoms with van der Waals surface area (Å²) in [6.45, 7) is 2.99. The molecule has 2 heterocycles. The highest BCUT2D eigenvalue weighted by Crippen LogP contribution is 2.20. The van der Waals surface area contributed by atoms with Crippen molar-refractivity contribution in [2.45, 2.75) is 26.5 Å². The summed E-state index contributed by atoms with van der Waals surface area (Å²) >= 11 is 1.72. The first-order chi connectivity index (χ1) is 9.30. The van der Waals surface area contributed by atoms with E-state index in [0.29, 0.717) is 0 Å². The van der Waals surface area contributed by atoms with E-state index in [1.54, 1.807) is 11.3 Å². The normalized spacial score (nSPS) is 11.3. The predicted octanol–water partition coefficient (Wildman–Crippen LogP) is 3.20. The van der Waals surface area contributed by atoms with Crippen LogP contribution in [0.3, 0.4) is 0 Å². The molecule has 0 aliphatic heterocycles. The van der Waals surface area contributed by atoms with Crippen LogP contribution in [0.15, 0.2) is 35.8 Å². The second-order valence-corrected chi connectivity index (χ2v) is 5.52. The Bertz CT molecular complexity index is 699. The van der Waals surface area contributed by atoms with Gasteiger partial charge in [-0.2, -0.15) is 0 Å². The lowest BCUT2D eigenvalue weighted by Gasteiger charge is -2.04. The molecule has 0 unspecified atom stereocenters. The minimum absolute atomic E-state index is 0.0812. The molecule has 0 saturated carbocycles. The highest BCUT2D eigenvalue weighted by atomic mass is 32.1. The maximum absolute atomic E-state index is 9.23.